The normalized spacial score (nSPS) is 14.9. The summed E-state index contributed by atoms with van der Waals surface area (Å²) in [5.41, 5.74) is 0.846. The van der Waals surface area contributed by atoms with Gasteiger partial charge >= 0.3 is 0 Å². The Labute approximate surface area is 182 Å². The molecule has 1 heterocycles. The lowest BCUT2D eigenvalue weighted by Crippen LogP contribution is -2.35. The van der Waals surface area contributed by atoms with E-state index in [9.17, 15) is 8.42 Å². The summed E-state index contributed by atoms with van der Waals surface area (Å²) in [5, 5.41) is 7.26. The second kappa shape index (κ2) is 10.2. The molecule has 29 heavy (non-hydrogen) atoms. The second-order valence-corrected chi connectivity index (χ2v) is 9.46. The topological polar surface area (TPSA) is 70.7 Å². The molecular formula is C20H24ClN3O3S2. The molecule has 0 unspecified atom stereocenters. The van der Waals surface area contributed by atoms with Gasteiger partial charge in [0.05, 0.1) is 11.4 Å². The maximum Gasteiger partial charge on any atom is 0.243 e. The number of nitrogens with zero attached hydrogens (tertiary/aromatic N) is 1. The van der Waals surface area contributed by atoms with Crippen molar-refractivity contribution in [3.63, 3.8) is 0 Å². The largest absolute Gasteiger partial charge is 0.492 e. The first-order valence-electron chi connectivity index (χ1n) is 9.48. The lowest BCUT2D eigenvalue weighted by atomic mass is 10.2. The molecule has 0 atom stereocenters. The van der Waals surface area contributed by atoms with E-state index < -0.39 is 10.0 Å². The van der Waals surface area contributed by atoms with Gasteiger partial charge in [0.25, 0.3) is 0 Å². The van der Waals surface area contributed by atoms with Crippen molar-refractivity contribution >= 4 is 44.6 Å². The fraction of sp³-hybridized carbons (Fsp3) is 0.350. The highest BCUT2D eigenvalue weighted by Gasteiger charge is 2.25. The van der Waals surface area contributed by atoms with E-state index in [0.29, 0.717) is 47.0 Å². The standard InChI is InChI=1S/C20H24ClN3O3S2/c21-16-4-6-17(7-5-16)23-20(28)22-12-15-27-18-8-10-19(11-9-18)29(25,26)24-13-2-1-3-14-24/h4-11H,1-3,12-15H2,(H2,22,23,28). The smallest absolute Gasteiger partial charge is 0.243 e. The number of rotatable bonds is 7. The molecule has 156 valence electrons. The number of hydrogen-bond donors (Lipinski definition) is 2. The maximum atomic E-state index is 12.6. The zero-order chi connectivity index (χ0) is 20.7. The Bertz CT molecular complexity index is 913. The number of piperidine rings is 1. The van der Waals surface area contributed by atoms with Crippen molar-refractivity contribution in [2.75, 3.05) is 31.6 Å². The first-order chi connectivity index (χ1) is 13.9. The third kappa shape index (κ3) is 6.30. The lowest BCUT2D eigenvalue weighted by molar-refractivity contribution is 0.322. The van der Waals surface area contributed by atoms with Crippen LogP contribution < -0.4 is 15.4 Å². The van der Waals surface area contributed by atoms with Gasteiger partial charge in [0.15, 0.2) is 5.11 Å². The van der Waals surface area contributed by atoms with Gasteiger partial charge in [-0.15, -0.1) is 0 Å². The number of anilines is 1. The molecule has 0 spiro atoms. The molecule has 1 saturated heterocycles. The molecule has 3 rings (SSSR count). The van der Waals surface area contributed by atoms with Crippen molar-refractivity contribution in [2.24, 2.45) is 0 Å². The highest BCUT2D eigenvalue weighted by molar-refractivity contribution is 7.89. The van der Waals surface area contributed by atoms with Gasteiger partial charge in [-0.05, 0) is 73.6 Å². The highest BCUT2D eigenvalue weighted by Crippen LogP contribution is 2.22. The molecule has 2 N–H and O–H groups in total. The van der Waals surface area contributed by atoms with Gasteiger partial charge in [0, 0.05) is 23.8 Å². The van der Waals surface area contributed by atoms with Crippen molar-refractivity contribution in [3.05, 3.63) is 53.6 Å². The molecule has 2 aromatic rings. The van der Waals surface area contributed by atoms with Crippen molar-refractivity contribution < 1.29 is 13.2 Å². The summed E-state index contributed by atoms with van der Waals surface area (Å²) < 4.78 is 32.5. The number of ether oxygens (including phenoxy) is 1. The summed E-state index contributed by atoms with van der Waals surface area (Å²) in [4.78, 5) is 0.304. The summed E-state index contributed by atoms with van der Waals surface area (Å²) in [7, 11) is -3.42. The van der Waals surface area contributed by atoms with E-state index in [-0.39, 0.29) is 0 Å². The molecule has 1 aliphatic rings. The third-order valence-corrected chi connectivity index (χ3v) is 6.95. The average molecular weight is 454 g/mol. The molecule has 0 bridgehead atoms. The van der Waals surface area contributed by atoms with E-state index in [2.05, 4.69) is 10.6 Å². The van der Waals surface area contributed by atoms with Crippen LogP contribution >= 0.6 is 23.8 Å². The Balaban J connectivity index is 1.43. The predicted octanol–water partition coefficient (Wildman–Crippen LogP) is 3.88. The van der Waals surface area contributed by atoms with Crippen LogP contribution in [0, 0.1) is 0 Å². The van der Waals surface area contributed by atoms with E-state index in [4.69, 9.17) is 28.6 Å². The van der Waals surface area contributed by atoms with Crippen LogP contribution in [0.1, 0.15) is 19.3 Å². The molecule has 0 saturated carbocycles. The molecule has 0 amide bonds. The third-order valence-electron chi connectivity index (χ3n) is 4.53. The Kier molecular flexibility index (Phi) is 7.71. The van der Waals surface area contributed by atoms with E-state index >= 15 is 0 Å². The van der Waals surface area contributed by atoms with Gasteiger partial charge in [-0.3, -0.25) is 0 Å². The minimum atomic E-state index is -3.42. The summed E-state index contributed by atoms with van der Waals surface area (Å²) in [6.45, 7) is 2.08. The molecule has 9 heteroatoms. The van der Waals surface area contributed by atoms with Crippen LogP contribution in [0.5, 0.6) is 5.75 Å². The van der Waals surface area contributed by atoms with Crippen molar-refractivity contribution in [1.82, 2.24) is 9.62 Å². The summed E-state index contributed by atoms with van der Waals surface area (Å²) in [6.07, 6.45) is 2.93. The summed E-state index contributed by atoms with van der Waals surface area (Å²) in [6, 6.07) is 13.8. The summed E-state index contributed by atoms with van der Waals surface area (Å²) in [5.74, 6) is 0.612. The summed E-state index contributed by atoms with van der Waals surface area (Å²) >= 11 is 11.1. The minimum absolute atomic E-state index is 0.304. The number of nitrogens with one attached hydrogen (secondary N) is 2. The SMILES string of the molecule is O=S(=O)(c1ccc(OCCNC(=S)Nc2ccc(Cl)cc2)cc1)N1CCCCC1. The van der Waals surface area contributed by atoms with Crippen molar-refractivity contribution in [1.29, 1.82) is 0 Å². The zero-order valence-corrected chi connectivity index (χ0v) is 18.3. The second-order valence-electron chi connectivity index (χ2n) is 6.67. The molecule has 1 aliphatic heterocycles. The van der Waals surface area contributed by atoms with Crippen LogP contribution in [0.3, 0.4) is 0 Å². The van der Waals surface area contributed by atoms with Crippen LogP contribution in [0.25, 0.3) is 0 Å². The van der Waals surface area contributed by atoms with Crippen LogP contribution in [0.4, 0.5) is 5.69 Å². The van der Waals surface area contributed by atoms with Crippen LogP contribution in [0.2, 0.25) is 5.02 Å². The first-order valence-corrected chi connectivity index (χ1v) is 11.7. The number of benzene rings is 2. The van der Waals surface area contributed by atoms with E-state index in [1.807, 2.05) is 12.1 Å². The van der Waals surface area contributed by atoms with Gasteiger partial charge in [0.2, 0.25) is 10.0 Å². The number of hydrogen-bond acceptors (Lipinski definition) is 4. The van der Waals surface area contributed by atoms with E-state index in [0.717, 1.165) is 24.9 Å². The monoisotopic (exact) mass is 453 g/mol. The van der Waals surface area contributed by atoms with Gasteiger partial charge in [0.1, 0.15) is 12.4 Å². The average Bonchev–Trinajstić information content (AvgIpc) is 2.74. The Morgan fingerprint density at radius 1 is 1.03 bits per heavy atom. The molecular weight excluding hydrogens is 430 g/mol. The van der Waals surface area contributed by atoms with Gasteiger partial charge in [-0.25, -0.2) is 8.42 Å². The highest BCUT2D eigenvalue weighted by atomic mass is 35.5. The Morgan fingerprint density at radius 2 is 1.69 bits per heavy atom. The van der Waals surface area contributed by atoms with Gasteiger partial charge in [-0.2, -0.15) is 4.31 Å². The predicted molar refractivity (Wildman–Crippen MR) is 120 cm³/mol. The van der Waals surface area contributed by atoms with Crippen molar-refractivity contribution in [2.45, 2.75) is 24.2 Å². The molecule has 2 aromatic carbocycles. The van der Waals surface area contributed by atoms with Crippen LogP contribution in [0.15, 0.2) is 53.4 Å². The fourth-order valence-electron chi connectivity index (χ4n) is 3.00. The number of halogens is 1. The minimum Gasteiger partial charge on any atom is -0.492 e. The van der Waals surface area contributed by atoms with E-state index in [1.165, 1.54) is 0 Å². The number of sulfonamides is 1. The molecule has 0 aromatic heterocycles. The number of thiocarbonyl (C=S) groups is 1. The Morgan fingerprint density at radius 3 is 2.34 bits per heavy atom. The lowest BCUT2D eigenvalue weighted by Gasteiger charge is -2.25. The molecule has 1 fully saturated rings. The Hall–Kier alpha value is -1.87. The fourth-order valence-corrected chi connectivity index (χ4v) is 4.87. The molecule has 0 aliphatic carbocycles. The molecule has 6 nitrogen and oxygen atoms in total. The first kappa shape index (κ1) is 21.8. The van der Waals surface area contributed by atoms with E-state index in [1.54, 1.807) is 40.7 Å². The van der Waals surface area contributed by atoms with Gasteiger partial charge in [-0.1, -0.05) is 18.0 Å². The van der Waals surface area contributed by atoms with Gasteiger partial charge < -0.3 is 15.4 Å². The van der Waals surface area contributed by atoms with Crippen LogP contribution in [-0.2, 0) is 10.0 Å². The van der Waals surface area contributed by atoms with Crippen LogP contribution in [-0.4, -0.2) is 44.1 Å². The zero-order valence-electron chi connectivity index (χ0n) is 15.9. The molecule has 0 radical (unpaired) electrons. The van der Waals surface area contributed by atoms with Crippen molar-refractivity contribution in [3.8, 4) is 5.75 Å². The maximum absolute atomic E-state index is 12.6. The quantitative estimate of drug-likeness (QED) is 0.489.